The Bertz CT molecular complexity index is 617. The van der Waals surface area contributed by atoms with Crippen molar-refractivity contribution in [1.29, 1.82) is 5.26 Å². The van der Waals surface area contributed by atoms with Gasteiger partial charge in [0, 0.05) is 5.56 Å². The highest BCUT2D eigenvalue weighted by molar-refractivity contribution is 5.61. The van der Waals surface area contributed by atoms with Crippen LogP contribution >= 0.6 is 0 Å². The van der Waals surface area contributed by atoms with Crippen LogP contribution in [0.1, 0.15) is 13.8 Å². The van der Waals surface area contributed by atoms with Gasteiger partial charge in [-0.1, -0.05) is 0 Å². The molecule has 0 saturated carbocycles. The molecule has 2 aromatic rings. The fourth-order valence-corrected chi connectivity index (χ4v) is 1.78. The highest BCUT2D eigenvalue weighted by Crippen LogP contribution is 2.31. The van der Waals surface area contributed by atoms with E-state index in [1.165, 1.54) is 4.68 Å². The molecule has 20 heavy (non-hydrogen) atoms. The van der Waals surface area contributed by atoms with Crippen molar-refractivity contribution in [3.05, 3.63) is 18.2 Å². The predicted octanol–water partition coefficient (Wildman–Crippen LogP) is 1.66. The predicted molar refractivity (Wildman–Crippen MR) is 71.2 cm³/mol. The molecule has 1 heterocycles. The summed E-state index contributed by atoms with van der Waals surface area (Å²) in [5.74, 6) is 1.84. The molecule has 0 fully saturated rings. The fourth-order valence-electron chi connectivity index (χ4n) is 1.78. The number of benzene rings is 1. The lowest BCUT2D eigenvalue weighted by Gasteiger charge is -2.11. The van der Waals surface area contributed by atoms with Gasteiger partial charge in [0.2, 0.25) is 0 Å². The van der Waals surface area contributed by atoms with Crippen molar-refractivity contribution in [2.45, 2.75) is 20.4 Å². The average Bonchev–Trinajstić information content (AvgIpc) is 2.90. The zero-order chi connectivity index (χ0) is 14.4. The Labute approximate surface area is 116 Å². The Morgan fingerprint density at radius 1 is 1.20 bits per heavy atom. The number of rotatable bonds is 6. The van der Waals surface area contributed by atoms with E-state index in [0.29, 0.717) is 30.5 Å². The standard InChI is InChI=1S/C13H15N5O2/c1-3-19-11-6-5-10(9-12(11)20-4-2)13-15-16-17-18(13)8-7-14/h5-6,9H,3-4,8H2,1-2H3. The minimum absolute atomic E-state index is 0.0967. The van der Waals surface area contributed by atoms with Gasteiger partial charge in [-0.2, -0.15) is 5.26 Å². The van der Waals surface area contributed by atoms with Crippen molar-refractivity contribution in [3.63, 3.8) is 0 Å². The molecule has 7 nitrogen and oxygen atoms in total. The molecule has 1 aromatic carbocycles. The van der Waals surface area contributed by atoms with Gasteiger partial charge in [0.05, 0.1) is 19.3 Å². The number of hydrogen-bond donors (Lipinski definition) is 0. The normalized spacial score (nSPS) is 10.1. The van der Waals surface area contributed by atoms with Crippen molar-refractivity contribution in [3.8, 4) is 29.0 Å². The zero-order valence-electron chi connectivity index (χ0n) is 11.4. The number of nitriles is 1. The topological polar surface area (TPSA) is 85.9 Å². The molecule has 0 saturated heterocycles. The van der Waals surface area contributed by atoms with Gasteiger partial charge in [-0.05, 0) is 42.5 Å². The molecule has 0 aliphatic rings. The first kappa shape index (κ1) is 13.8. The van der Waals surface area contributed by atoms with Crippen molar-refractivity contribution >= 4 is 0 Å². The van der Waals surface area contributed by atoms with E-state index >= 15 is 0 Å². The molecular weight excluding hydrogens is 258 g/mol. The third kappa shape index (κ3) is 2.85. The summed E-state index contributed by atoms with van der Waals surface area (Å²) < 4.78 is 12.5. The number of hydrogen-bond acceptors (Lipinski definition) is 6. The molecule has 0 aliphatic carbocycles. The van der Waals surface area contributed by atoms with Crippen LogP contribution in [-0.4, -0.2) is 33.4 Å². The van der Waals surface area contributed by atoms with Gasteiger partial charge in [-0.3, -0.25) is 0 Å². The lowest BCUT2D eigenvalue weighted by molar-refractivity contribution is 0.288. The molecule has 0 amide bonds. The summed E-state index contributed by atoms with van der Waals surface area (Å²) in [5.41, 5.74) is 0.775. The van der Waals surface area contributed by atoms with Gasteiger partial charge < -0.3 is 9.47 Å². The maximum atomic E-state index is 8.75. The van der Waals surface area contributed by atoms with Crippen LogP contribution in [0.5, 0.6) is 11.5 Å². The molecule has 0 atom stereocenters. The minimum Gasteiger partial charge on any atom is -0.490 e. The fraction of sp³-hybridized carbons (Fsp3) is 0.385. The Morgan fingerprint density at radius 3 is 2.65 bits per heavy atom. The smallest absolute Gasteiger partial charge is 0.183 e. The van der Waals surface area contributed by atoms with Crippen LogP contribution in [0.4, 0.5) is 0 Å². The molecule has 0 spiro atoms. The average molecular weight is 273 g/mol. The highest BCUT2D eigenvalue weighted by atomic mass is 16.5. The lowest BCUT2D eigenvalue weighted by Crippen LogP contribution is -2.02. The first-order valence-electron chi connectivity index (χ1n) is 6.33. The molecule has 0 unspecified atom stereocenters. The van der Waals surface area contributed by atoms with Crippen LogP contribution in [0.25, 0.3) is 11.4 Å². The second-order valence-corrected chi connectivity index (χ2v) is 3.85. The van der Waals surface area contributed by atoms with Gasteiger partial charge >= 0.3 is 0 Å². The molecule has 7 heteroatoms. The summed E-state index contributed by atoms with van der Waals surface area (Å²) in [6.45, 7) is 5.01. The third-order valence-electron chi connectivity index (χ3n) is 2.55. The molecule has 0 aliphatic heterocycles. The van der Waals surface area contributed by atoms with Crippen molar-refractivity contribution in [2.75, 3.05) is 13.2 Å². The molecule has 2 rings (SSSR count). The van der Waals surface area contributed by atoms with E-state index in [9.17, 15) is 0 Å². The maximum Gasteiger partial charge on any atom is 0.183 e. The van der Waals surface area contributed by atoms with E-state index in [1.54, 1.807) is 0 Å². The Balaban J connectivity index is 2.39. The summed E-state index contributed by atoms with van der Waals surface area (Å²) in [5, 5.41) is 20.1. The van der Waals surface area contributed by atoms with E-state index in [2.05, 4.69) is 15.5 Å². The van der Waals surface area contributed by atoms with Gasteiger partial charge in [0.25, 0.3) is 0 Å². The van der Waals surface area contributed by atoms with Crippen molar-refractivity contribution < 1.29 is 9.47 Å². The van der Waals surface area contributed by atoms with Crippen molar-refractivity contribution in [2.24, 2.45) is 0 Å². The quantitative estimate of drug-likeness (QED) is 0.795. The molecule has 0 N–H and O–H groups in total. The summed E-state index contributed by atoms with van der Waals surface area (Å²) in [6, 6.07) is 7.48. The van der Waals surface area contributed by atoms with Gasteiger partial charge in [-0.15, -0.1) is 5.10 Å². The monoisotopic (exact) mass is 273 g/mol. The van der Waals surface area contributed by atoms with Crippen LogP contribution < -0.4 is 9.47 Å². The number of nitrogens with zero attached hydrogens (tertiary/aromatic N) is 5. The number of tetrazole rings is 1. The van der Waals surface area contributed by atoms with Crippen LogP contribution in [0.15, 0.2) is 18.2 Å². The van der Waals surface area contributed by atoms with E-state index < -0.39 is 0 Å². The maximum absolute atomic E-state index is 8.75. The molecular formula is C13H15N5O2. The van der Waals surface area contributed by atoms with E-state index in [-0.39, 0.29) is 6.54 Å². The van der Waals surface area contributed by atoms with Crippen molar-refractivity contribution in [1.82, 2.24) is 20.2 Å². The summed E-state index contributed by atoms with van der Waals surface area (Å²) in [6.07, 6.45) is 0. The summed E-state index contributed by atoms with van der Waals surface area (Å²) >= 11 is 0. The molecule has 104 valence electrons. The first-order valence-corrected chi connectivity index (χ1v) is 6.33. The van der Waals surface area contributed by atoms with Crippen LogP contribution in [-0.2, 0) is 6.54 Å². The summed E-state index contributed by atoms with van der Waals surface area (Å²) in [4.78, 5) is 0. The zero-order valence-corrected chi connectivity index (χ0v) is 11.4. The van der Waals surface area contributed by atoms with Gasteiger partial charge in [-0.25, -0.2) is 4.68 Å². The Hall–Kier alpha value is -2.62. The van der Waals surface area contributed by atoms with E-state index in [0.717, 1.165) is 5.56 Å². The lowest BCUT2D eigenvalue weighted by atomic mass is 10.2. The molecule has 0 radical (unpaired) electrons. The highest BCUT2D eigenvalue weighted by Gasteiger charge is 2.12. The molecule has 1 aromatic heterocycles. The van der Waals surface area contributed by atoms with E-state index in [1.807, 2.05) is 38.1 Å². The van der Waals surface area contributed by atoms with E-state index in [4.69, 9.17) is 14.7 Å². The van der Waals surface area contributed by atoms with Gasteiger partial charge in [0.15, 0.2) is 17.3 Å². The second-order valence-electron chi connectivity index (χ2n) is 3.85. The van der Waals surface area contributed by atoms with Crippen LogP contribution in [0.2, 0.25) is 0 Å². The number of aromatic nitrogens is 4. The first-order chi connectivity index (χ1) is 9.80. The number of ether oxygens (including phenoxy) is 2. The largest absolute Gasteiger partial charge is 0.490 e. The van der Waals surface area contributed by atoms with Crippen LogP contribution in [0, 0.1) is 11.3 Å². The van der Waals surface area contributed by atoms with Crippen LogP contribution in [0.3, 0.4) is 0 Å². The Morgan fingerprint density at radius 2 is 1.95 bits per heavy atom. The SMILES string of the molecule is CCOc1ccc(-c2nnnn2CC#N)cc1OCC. The Kier molecular flexibility index (Phi) is 4.50. The minimum atomic E-state index is 0.0967. The molecule has 0 bridgehead atoms. The van der Waals surface area contributed by atoms with Gasteiger partial charge in [0.1, 0.15) is 6.54 Å². The second kappa shape index (κ2) is 6.52. The third-order valence-corrected chi connectivity index (χ3v) is 2.55. The summed E-state index contributed by atoms with van der Waals surface area (Å²) in [7, 11) is 0.